The number of rotatable bonds is 5. The molecule has 1 N–H and O–H groups in total. The van der Waals surface area contributed by atoms with Crippen molar-refractivity contribution in [2.24, 2.45) is 10.8 Å². The summed E-state index contributed by atoms with van der Waals surface area (Å²) in [5, 5.41) is 0. The number of hydrogen-bond donors (Lipinski definition) is 1. The molecule has 0 aliphatic rings. The van der Waals surface area contributed by atoms with Gasteiger partial charge >= 0.3 is 0 Å². The zero-order chi connectivity index (χ0) is 13.2. The summed E-state index contributed by atoms with van der Waals surface area (Å²) in [7, 11) is -3.47. The molecule has 0 heterocycles. The van der Waals surface area contributed by atoms with E-state index in [1.54, 1.807) is 13.8 Å². The lowest BCUT2D eigenvalue weighted by molar-refractivity contribution is -0.129. The molecule has 0 bridgehead atoms. The molecule has 0 unspecified atom stereocenters. The molecule has 0 atom stereocenters. The lowest BCUT2D eigenvalue weighted by Gasteiger charge is -2.32. The Morgan fingerprint density at radius 3 is 1.94 bits per heavy atom. The van der Waals surface area contributed by atoms with Crippen molar-refractivity contribution in [2.45, 2.75) is 47.5 Å². The predicted molar refractivity (Wildman–Crippen MR) is 65.5 cm³/mol. The zero-order valence-electron chi connectivity index (χ0n) is 11.0. The van der Waals surface area contributed by atoms with Crippen molar-refractivity contribution < 1.29 is 13.2 Å². The second-order valence-corrected chi connectivity index (χ2v) is 7.53. The molecule has 5 heteroatoms. The van der Waals surface area contributed by atoms with E-state index in [1.165, 1.54) is 0 Å². The molecule has 0 saturated carbocycles. The Balaban J connectivity index is 4.74. The maximum atomic E-state index is 11.8. The monoisotopic (exact) mass is 249 g/mol. The maximum absolute atomic E-state index is 11.8. The lowest BCUT2D eigenvalue weighted by Crippen LogP contribution is -2.42. The Labute approximate surface area is 98.9 Å². The summed E-state index contributed by atoms with van der Waals surface area (Å²) in [6, 6.07) is 0. The quantitative estimate of drug-likeness (QED) is 0.809. The van der Waals surface area contributed by atoms with Crippen molar-refractivity contribution in [1.82, 2.24) is 4.72 Å². The summed E-state index contributed by atoms with van der Waals surface area (Å²) in [6.07, 6.45) is 2.59. The van der Waals surface area contributed by atoms with Gasteiger partial charge in [-0.05, 0) is 11.8 Å². The van der Waals surface area contributed by atoms with Gasteiger partial charge < -0.3 is 0 Å². The Morgan fingerprint density at radius 2 is 1.62 bits per heavy atom. The molecular weight excluding hydrogens is 226 g/mol. The minimum Gasteiger partial charge on any atom is -0.273 e. The molecule has 96 valence electrons. The van der Waals surface area contributed by atoms with E-state index < -0.39 is 21.3 Å². The number of nitrogens with one attached hydrogen (secondary N) is 1. The van der Waals surface area contributed by atoms with Crippen LogP contribution in [-0.4, -0.2) is 20.6 Å². The Kier molecular flexibility index (Phi) is 4.56. The highest BCUT2D eigenvalue weighted by atomic mass is 32.2. The normalized spacial score (nSPS) is 13.6. The highest BCUT2D eigenvalue weighted by molar-refractivity contribution is 7.89. The van der Waals surface area contributed by atoms with Crippen LogP contribution in [0.1, 0.15) is 47.5 Å². The number of hydrogen-bond acceptors (Lipinski definition) is 3. The van der Waals surface area contributed by atoms with Gasteiger partial charge in [-0.25, -0.2) is 8.42 Å². The van der Waals surface area contributed by atoms with Crippen molar-refractivity contribution in [3.8, 4) is 0 Å². The highest BCUT2D eigenvalue weighted by Gasteiger charge is 2.34. The lowest BCUT2D eigenvalue weighted by atomic mass is 9.73. The fourth-order valence-corrected chi connectivity index (χ4v) is 2.32. The largest absolute Gasteiger partial charge is 0.273 e. The Morgan fingerprint density at radius 1 is 1.19 bits per heavy atom. The third-order valence-corrected chi connectivity index (χ3v) is 3.33. The number of sulfonamides is 1. The van der Waals surface area contributed by atoms with E-state index in [4.69, 9.17) is 0 Å². The molecule has 0 aromatic carbocycles. The highest BCUT2D eigenvalue weighted by Crippen LogP contribution is 2.36. The topological polar surface area (TPSA) is 63.2 Å². The van der Waals surface area contributed by atoms with Gasteiger partial charge in [-0.1, -0.05) is 41.0 Å². The van der Waals surface area contributed by atoms with E-state index in [9.17, 15) is 13.2 Å². The number of carbonyl (C=O) groups excluding carboxylic acids is 1. The zero-order valence-corrected chi connectivity index (χ0v) is 11.9. The summed E-state index contributed by atoms with van der Waals surface area (Å²) >= 11 is 0. The fourth-order valence-electron chi connectivity index (χ4n) is 1.71. The standard InChI is InChI=1S/C11H23NO3S/c1-7-10(2,3)8-11(4,5)9(13)12-16(6,14)15/h7-8H2,1-6H3,(H,12,13). The van der Waals surface area contributed by atoms with Crippen molar-refractivity contribution in [2.75, 3.05) is 6.26 Å². The van der Waals surface area contributed by atoms with Gasteiger partial charge in [-0.15, -0.1) is 0 Å². The summed E-state index contributed by atoms with van der Waals surface area (Å²) in [4.78, 5) is 11.8. The molecule has 0 radical (unpaired) electrons. The van der Waals surface area contributed by atoms with Gasteiger partial charge in [-0.3, -0.25) is 9.52 Å². The average Bonchev–Trinajstić information content (AvgIpc) is 1.99. The first-order valence-corrected chi connectivity index (χ1v) is 7.31. The van der Waals surface area contributed by atoms with Crippen LogP contribution in [0.4, 0.5) is 0 Å². The van der Waals surface area contributed by atoms with Gasteiger partial charge in [0, 0.05) is 5.41 Å². The first-order chi connectivity index (χ1) is 6.90. The number of carbonyl (C=O) groups is 1. The van der Waals surface area contributed by atoms with Gasteiger partial charge in [0.1, 0.15) is 0 Å². The molecule has 0 rings (SSSR count). The number of amides is 1. The molecule has 1 amide bonds. The summed E-state index contributed by atoms with van der Waals surface area (Å²) in [5.74, 6) is -0.434. The molecule has 0 spiro atoms. The van der Waals surface area contributed by atoms with Crippen LogP contribution in [-0.2, 0) is 14.8 Å². The van der Waals surface area contributed by atoms with Gasteiger partial charge in [0.05, 0.1) is 6.26 Å². The minimum absolute atomic E-state index is 0.0261. The smallest absolute Gasteiger partial charge is 0.239 e. The van der Waals surface area contributed by atoms with Crippen LogP contribution in [0.3, 0.4) is 0 Å². The molecule has 4 nitrogen and oxygen atoms in total. The van der Waals surface area contributed by atoms with Crippen LogP contribution in [0.25, 0.3) is 0 Å². The van der Waals surface area contributed by atoms with Gasteiger partial charge in [0.2, 0.25) is 15.9 Å². The summed E-state index contributed by atoms with van der Waals surface area (Å²) in [6.45, 7) is 9.74. The Hall–Kier alpha value is -0.580. The van der Waals surface area contributed by atoms with Crippen LogP contribution in [0.5, 0.6) is 0 Å². The average molecular weight is 249 g/mol. The maximum Gasteiger partial charge on any atom is 0.239 e. The molecule has 0 aromatic rings. The van der Waals surface area contributed by atoms with E-state index >= 15 is 0 Å². The van der Waals surface area contributed by atoms with Crippen molar-refractivity contribution in [3.63, 3.8) is 0 Å². The van der Waals surface area contributed by atoms with Crippen LogP contribution in [0, 0.1) is 10.8 Å². The summed E-state index contributed by atoms with van der Waals surface area (Å²) < 4.78 is 24.0. The van der Waals surface area contributed by atoms with Crippen molar-refractivity contribution >= 4 is 15.9 Å². The Bertz CT molecular complexity index is 355. The van der Waals surface area contributed by atoms with Gasteiger partial charge in [0.25, 0.3) is 0 Å². The molecule has 0 saturated heterocycles. The molecule has 0 aliphatic heterocycles. The third kappa shape index (κ3) is 5.49. The van der Waals surface area contributed by atoms with Crippen LogP contribution >= 0.6 is 0 Å². The fraction of sp³-hybridized carbons (Fsp3) is 0.909. The van der Waals surface area contributed by atoms with Crippen LogP contribution in [0.15, 0.2) is 0 Å². The van der Waals surface area contributed by atoms with Crippen molar-refractivity contribution in [3.05, 3.63) is 0 Å². The van der Waals surface area contributed by atoms with E-state index in [2.05, 4.69) is 20.8 Å². The first kappa shape index (κ1) is 15.4. The van der Waals surface area contributed by atoms with E-state index in [-0.39, 0.29) is 5.41 Å². The molecule has 0 aromatic heterocycles. The second-order valence-electron chi connectivity index (χ2n) is 5.78. The van der Waals surface area contributed by atoms with Gasteiger partial charge in [0.15, 0.2) is 0 Å². The first-order valence-electron chi connectivity index (χ1n) is 5.42. The van der Waals surface area contributed by atoms with Crippen molar-refractivity contribution in [1.29, 1.82) is 0 Å². The second kappa shape index (κ2) is 4.73. The molecule has 16 heavy (non-hydrogen) atoms. The van der Waals surface area contributed by atoms with Crippen LogP contribution in [0.2, 0.25) is 0 Å². The molecule has 0 aliphatic carbocycles. The van der Waals surface area contributed by atoms with Gasteiger partial charge in [-0.2, -0.15) is 0 Å². The minimum atomic E-state index is -3.47. The van der Waals surface area contributed by atoms with Crippen LogP contribution < -0.4 is 4.72 Å². The van der Waals surface area contributed by atoms with E-state index in [1.807, 2.05) is 4.72 Å². The molecule has 0 fully saturated rings. The third-order valence-electron chi connectivity index (χ3n) is 2.77. The van der Waals surface area contributed by atoms with E-state index in [0.29, 0.717) is 6.42 Å². The van der Waals surface area contributed by atoms with E-state index in [0.717, 1.165) is 12.7 Å². The summed E-state index contributed by atoms with van der Waals surface area (Å²) in [5.41, 5.74) is -0.652. The molecular formula is C11H23NO3S. The predicted octanol–water partition coefficient (Wildman–Crippen LogP) is 1.91. The SMILES string of the molecule is CCC(C)(C)CC(C)(C)C(=O)NS(C)(=O)=O.